The van der Waals surface area contributed by atoms with Gasteiger partial charge in [-0.3, -0.25) is 9.89 Å². The summed E-state index contributed by atoms with van der Waals surface area (Å²) in [6, 6.07) is 5.46. The van der Waals surface area contributed by atoms with Gasteiger partial charge >= 0.3 is 0 Å². The molecule has 96 valence electrons. The number of nitrogens with zero attached hydrogens (tertiary/aromatic N) is 2. The van der Waals surface area contributed by atoms with E-state index in [1.165, 1.54) is 0 Å². The number of nitrogens with one attached hydrogen (secondary N) is 2. The van der Waals surface area contributed by atoms with E-state index < -0.39 is 0 Å². The van der Waals surface area contributed by atoms with Crippen LogP contribution in [0.1, 0.15) is 21.1 Å². The van der Waals surface area contributed by atoms with E-state index in [9.17, 15) is 4.79 Å². The zero-order chi connectivity index (χ0) is 13.2. The average Bonchev–Trinajstić information content (AvgIpc) is 3.03. The Labute approximate surface area is 113 Å². The molecule has 0 fully saturated rings. The van der Waals surface area contributed by atoms with Crippen LogP contribution in [-0.4, -0.2) is 21.1 Å². The first-order valence-corrected chi connectivity index (χ1v) is 6.73. The van der Waals surface area contributed by atoms with E-state index in [4.69, 9.17) is 0 Å². The number of hydrogen-bond donors (Lipinski definition) is 2. The molecule has 1 amide bonds. The van der Waals surface area contributed by atoms with Gasteiger partial charge in [0, 0.05) is 16.3 Å². The van der Waals surface area contributed by atoms with Crippen LogP contribution >= 0.6 is 11.3 Å². The van der Waals surface area contributed by atoms with Gasteiger partial charge in [-0.1, -0.05) is 6.07 Å². The lowest BCUT2D eigenvalue weighted by atomic mass is 10.1. The molecule has 0 saturated heterocycles. The molecule has 0 spiro atoms. The van der Waals surface area contributed by atoms with Crippen molar-refractivity contribution in [1.29, 1.82) is 0 Å². The molecule has 1 aromatic carbocycles. The van der Waals surface area contributed by atoms with E-state index in [-0.39, 0.29) is 5.91 Å². The van der Waals surface area contributed by atoms with Gasteiger partial charge in [-0.05, 0) is 19.1 Å². The molecular weight excluding hydrogens is 260 g/mol. The minimum absolute atomic E-state index is 0.109. The number of aromatic amines is 1. The summed E-state index contributed by atoms with van der Waals surface area (Å²) in [5, 5.41) is 13.6. The molecule has 5 nitrogen and oxygen atoms in total. The molecule has 19 heavy (non-hydrogen) atoms. The number of benzene rings is 1. The molecule has 6 heteroatoms. The molecule has 3 aromatic rings. The summed E-state index contributed by atoms with van der Waals surface area (Å²) in [5.74, 6) is -0.109. The van der Waals surface area contributed by atoms with Gasteiger partial charge in [0.2, 0.25) is 0 Å². The minimum atomic E-state index is -0.109. The van der Waals surface area contributed by atoms with Crippen molar-refractivity contribution >= 4 is 28.1 Å². The Morgan fingerprint density at radius 3 is 3.16 bits per heavy atom. The number of thiazole rings is 1. The van der Waals surface area contributed by atoms with E-state index in [0.717, 1.165) is 21.6 Å². The number of hydrogen-bond acceptors (Lipinski definition) is 4. The quantitative estimate of drug-likeness (QED) is 0.768. The first-order chi connectivity index (χ1) is 9.22. The number of carbonyl (C=O) groups excluding carboxylic acids is 1. The normalized spacial score (nSPS) is 10.8. The van der Waals surface area contributed by atoms with Crippen molar-refractivity contribution in [3.63, 3.8) is 0 Å². The fraction of sp³-hybridized carbons (Fsp3) is 0.154. The van der Waals surface area contributed by atoms with E-state index in [2.05, 4.69) is 20.5 Å². The molecule has 0 saturated carbocycles. The summed E-state index contributed by atoms with van der Waals surface area (Å²) in [6.45, 7) is 2.40. The Morgan fingerprint density at radius 1 is 1.47 bits per heavy atom. The molecule has 0 bridgehead atoms. The van der Waals surface area contributed by atoms with Crippen LogP contribution in [0.5, 0.6) is 0 Å². The maximum atomic E-state index is 12.0. The van der Waals surface area contributed by atoms with Crippen LogP contribution in [0.2, 0.25) is 0 Å². The predicted octanol–water partition coefficient (Wildman–Crippen LogP) is 2.26. The highest BCUT2D eigenvalue weighted by molar-refractivity contribution is 7.09. The standard InChI is InChI=1S/C13H12N4OS/c1-8-16-11(7-19-8)6-14-13(18)9-2-3-10-5-15-17-12(10)4-9/h2-5,7H,6H2,1H3,(H,14,18)(H,15,17). The van der Waals surface area contributed by atoms with Crippen LogP contribution in [0, 0.1) is 6.92 Å². The average molecular weight is 272 g/mol. The van der Waals surface area contributed by atoms with Crippen LogP contribution in [0.15, 0.2) is 29.8 Å². The molecule has 0 radical (unpaired) electrons. The Hall–Kier alpha value is -2.21. The Bertz CT molecular complexity index is 731. The fourth-order valence-electron chi connectivity index (χ4n) is 1.84. The van der Waals surface area contributed by atoms with E-state index in [0.29, 0.717) is 12.1 Å². The number of aryl methyl sites for hydroxylation is 1. The molecule has 0 aliphatic rings. The van der Waals surface area contributed by atoms with Crippen LogP contribution in [0.4, 0.5) is 0 Å². The lowest BCUT2D eigenvalue weighted by Crippen LogP contribution is -2.22. The SMILES string of the molecule is Cc1nc(CNC(=O)c2ccc3cn[nH]c3c2)cs1. The number of amides is 1. The fourth-order valence-corrected chi connectivity index (χ4v) is 2.45. The third-order valence-corrected chi connectivity index (χ3v) is 3.62. The predicted molar refractivity (Wildman–Crippen MR) is 74.1 cm³/mol. The lowest BCUT2D eigenvalue weighted by molar-refractivity contribution is 0.0950. The second kappa shape index (κ2) is 4.81. The van der Waals surface area contributed by atoms with Crippen LogP contribution in [-0.2, 0) is 6.54 Å². The number of fused-ring (bicyclic) bond motifs is 1. The highest BCUT2D eigenvalue weighted by atomic mass is 32.1. The third kappa shape index (κ3) is 2.48. The molecule has 0 aliphatic carbocycles. The second-order valence-electron chi connectivity index (χ2n) is 4.21. The molecular formula is C13H12N4OS. The zero-order valence-electron chi connectivity index (χ0n) is 10.3. The Kier molecular flexibility index (Phi) is 3.00. The summed E-state index contributed by atoms with van der Waals surface area (Å²) in [5.41, 5.74) is 2.36. The summed E-state index contributed by atoms with van der Waals surface area (Å²) < 4.78 is 0. The van der Waals surface area contributed by atoms with Gasteiger partial charge in [-0.15, -0.1) is 11.3 Å². The van der Waals surface area contributed by atoms with Crippen molar-refractivity contribution in [3.8, 4) is 0 Å². The monoisotopic (exact) mass is 272 g/mol. The van der Waals surface area contributed by atoms with Gasteiger partial charge in [0.05, 0.1) is 29.0 Å². The van der Waals surface area contributed by atoms with Gasteiger partial charge in [0.1, 0.15) is 0 Å². The van der Waals surface area contributed by atoms with Crippen LogP contribution < -0.4 is 5.32 Å². The van der Waals surface area contributed by atoms with Gasteiger partial charge < -0.3 is 5.32 Å². The first kappa shape index (κ1) is 11.9. The molecule has 2 heterocycles. The molecule has 2 aromatic heterocycles. The second-order valence-corrected chi connectivity index (χ2v) is 5.27. The van der Waals surface area contributed by atoms with Gasteiger partial charge in [-0.25, -0.2) is 4.98 Å². The summed E-state index contributed by atoms with van der Waals surface area (Å²) in [4.78, 5) is 16.3. The highest BCUT2D eigenvalue weighted by Gasteiger charge is 2.07. The molecule has 0 aliphatic heterocycles. The Balaban J connectivity index is 1.72. The van der Waals surface area contributed by atoms with Crippen molar-refractivity contribution in [2.75, 3.05) is 0 Å². The zero-order valence-corrected chi connectivity index (χ0v) is 11.1. The maximum absolute atomic E-state index is 12.0. The van der Waals surface area contributed by atoms with Crippen LogP contribution in [0.25, 0.3) is 10.9 Å². The highest BCUT2D eigenvalue weighted by Crippen LogP contribution is 2.13. The van der Waals surface area contributed by atoms with Gasteiger partial charge in [0.25, 0.3) is 5.91 Å². The maximum Gasteiger partial charge on any atom is 0.251 e. The number of H-pyrrole nitrogens is 1. The van der Waals surface area contributed by atoms with E-state index in [1.54, 1.807) is 29.7 Å². The molecule has 2 N–H and O–H groups in total. The van der Waals surface area contributed by atoms with Crippen molar-refractivity contribution in [2.45, 2.75) is 13.5 Å². The molecule has 0 unspecified atom stereocenters. The third-order valence-electron chi connectivity index (χ3n) is 2.80. The van der Waals surface area contributed by atoms with E-state index in [1.807, 2.05) is 18.4 Å². The topological polar surface area (TPSA) is 70.7 Å². The first-order valence-electron chi connectivity index (χ1n) is 5.85. The van der Waals surface area contributed by atoms with Crippen molar-refractivity contribution < 1.29 is 4.79 Å². The summed E-state index contributed by atoms with van der Waals surface area (Å²) >= 11 is 1.58. The number of carbonyl (C=O) groups is 1. The van der Waals surface area contributed by atoms with Crippen molar-refractivity contribution in [3.05, 3.63) is 46.0 Å². The number of aromatic nitrogens is 3. The molecule has 3 rings (SSSR count). The van der Waals surface area contributed by atoms with Gasteiger partial charge in [-0.2, -0.15) is 5.10 Å². The smallest absolute Gasteiger partial charge is 0.251 e. The minimum Gasteiger partial charge on any atom is -0.346 e. The van der Waals surface area contributed by atoms with Crippen LogP contribution in [0.3, 0.4) is 0 Å². The lowest BCUT2D eigenvalue weighted by Gasteiger charge is -2.03. The van der Waals surface area contributed by atoms with Crippen molar-refractivity contribution in [1.82, 2.24) is 20.5 Å². The summed E-state index contributed by atoms with van der Waals surface area (Å²) in [6.07, 6.45) is 1.73. The van der Waals surface area contributed by atoms with Gasteiger partial charge in [0.15, 0.2) is 0 Å². The van der Waals surface area contributed by atoms with Crippen molar-refractivity contribution in [2.24, 2.45) is 0 Å². The Morgan fingerprint density at radius 2 is 2.37 bits per heavy atom. The number of rotatable bonds is 3. The summed E-state index contributed by atoms with van der Waals surface area (Å²) in [7, 11) is 0. The largest absolute Gasteiger partial charge is 0.346 e. The molecule has 0 atom stereocenters. The van der Waals surface area contributed by atoms with E-state index >= 15 is 0 Å².